The Morgan fingerprint density at radius 2 is 2.05 bits per heavy atom. The van der Waals surface area contributed by atoms with E-state index in [-0.39, 0.29) is 6.54 Å². The molecule has 0 atom stereocenters. The summed E-state index contributed by atoms with van der Waals surface area (Å²) in [5, 5.41) is 13.0. The molecule has 0 fully saturated rings. The maximum Gasteiger partial charge on any atom is 0.224 e. The highest BCUT2D eigenvalue weighted by atomic mass is 79.9. The quantitative estimate of drug-likeness (QED) is 0.671. The van der Waals surface area contributed by atoms with E-state index in [2.05, 4.69) is 20.7 Å². The summed E-state index contributed by atoms with van der Waals surface area (Å²) >= 11 is 3.35. The van der Waals surface area contributed by atoms with Gasteiger partial charge in [0.25, 0.3) is 0 Å². The summed E-state index contributed by atoms with van der Waals surface area (Å²) in [6.45, 7) is 0.211. The number of nitrogens with zero attached hydrogens (tertiary/aromatic N) is 1. The van der Waals surface area contributed by atoms with Crippen LogP contribution in [0.3, 0.4) is 0 Å². The zero-order valence-corrected chi connectivity index (χ0v) is 12.7. The molecular formula is C12H13BrN2O3S. The summed E-state index contributed by atoms with van der Waals surface area (Å²) in [7, 11) is -3.22. The van der Waals surface area contributed by atoms with Gasteiger partial charge in [-0.15, -0.1) is 0 Å². The van der Waals surface area contributed by atoms with E-state index >= 15 is 0 Å². The lowest BCUT2D eigenvalue weighted by molar-refractivity contribution is -0.585. The molecule has 0 saturated carbocycles. The highest BCUT2D eigenvalue weighted by Gasteiger charge is 2.11. The Morgan fingerprint density at radius 1 is 1.32 bits per heavy atom. The summed E-state index contributed by atoms with van der Waals surface area (Å²) in [4.78, 5) is 0. The monoisotopic (exact) mass is 344 g/mol. The van der Waals surface area contributed by atoms with E-state index in [0.717, 1.165) is 20.8 Å². The van der Waals surface area contributed by atoms with Gasteiger partial charge in [-0.1, -0.05) is 15.9 Å². The number of pyridine rings is 1. The number of aromatic nitrogens is 1. The second-order valence-electron chi connectivity index (χ2n) is 4.24. The molecule has 0 amide bonds. The van der Waals surface area contributed by atoms with Gasteiger partial charge in [-0.25, -0.2) is 13.1 Å². The first-order valence-corrected chi connectivity index (χ1v) is 8.30. The third kappa shape index (κ3) is 3.65. The molecule has 2 rings (SSSR count). The minimum atomic E-state index is -3.22. The molecule has 0 radical (unpaired) electrons. The first-order chi connectivity index (χ1) is 8.87. The van der Waals surface area contributed by atoms with Crippen molar-refractivity contribution in [1.82, 2.24) is 4.72 Å². The Hall–Kier alpha value is -1.18. The largest absolute Gasteiger partial charge is 0.618 e. The van der Waals surface area contributed by atoms with Crippen molar-refractivity contribution in [2.45, 2.75) is 6.42 Å². The minimum absolute atomic E-state index is 0.211. The summed E-state index contributed by atoms with van der Waals surface area (Å²) in [5.74, 6) is 0. The third-order valence-corrected chi connectivity index (χ3v) is 3.89. The number of halogens is 1. The van der Waals surface area contributed by atoms with E-state index in [0.29, 0.717) is 17.6 Å². The fourth-order valence-electron chi connectivity index (χ4n) is 1.80. The Kier molecular flexibility index (Phi) is 4.07. The first-order valence-electron chi connectivity index (χ1n) is 5.62. The van der Waals surface area contributed by atoms with Crippen LogP contribution in [0.25, 0.3) is 10.9 Å². The standard InChI is InChI=1S/C12H13BrN2O3S/c1-19(17,18)14-7-6-11-4-2-9-8-10(13)3-5-12(9)15(11)16/h2-5,8,14H,6-7H2,1H3. The van der Waals surface area contributed by atoms with Crippen LogP contribution in [-0.4, -0.2) is 21.2 Å². The number of nitrogens with one attached hydrogen (secondary N) is 1. The predicted octanol–water partition coefficient (Wildman–Crippen LogP) is 1.33. The second-order valence-corrected chi connectivity index (χ2v) is 6.99. The van der Waals surface area contributed by atoms with Crippen LogP contribution < -0.4 is 9.45 Å². The molecule has 1 heterocycles. The van der Waals surface area contributed by atoms with Crippen molar-refractivity contribution < 1.29 is 13.1 Å². The molecule has 1 N–H and O–H groups in total. The lowest BCUT2D eigenvalue weighted by atomic mass is 10.2. The van der Waals surface area contributed by atoms with Gasteiger partial charge in [0.2, 0.25) is 15.5 Å². The number of hydrogen-bond acceptors (Lipinski definition) is 3. The van der Waals surface area contributed by atoms with Gasteiger partial charge < -0.3 is 5.21 Å². The molecule has 19 heavy (non-hydrogen) atoms. The van der Waals surface area contributed by atoms with Crippen LogP contribution in [0.1, 0.15) is 5.69 Å². The zero-order chi connectivity index (χ0) is 14.0. The van der Waals surface area contributed by atoms with Crippen LogP contribution in [0.5, 0.6) is 0 Å². The maximum absolute atomic E-state index is 12.1. The van der Waals surface area contributed by atoms with Gasteiger partial charge in [0, 0.05) is 35.0 Å². The predicted molar refractivity (Wildman–Crippen MR) is 77.2 cm³/mol. The number of sulfonamides is 1. The van der Waals surface area contributed by atoms with Crippen molar-refractivity contribution in [3.05, 3.63) is 45.7 Å². The van der Waals surface area contributed by atoms with E-state index in [9.17, 15) is 13.6 Å². The number of fused-ring (bicyclic) bond motifs is 1. The third-order valence-electron chi connectivity index (χ3n) is 2.67. The van der Waals surface area contributed by atoms with Gasteiger partial charge in [0.15, 0.2) is 5.69 Å². The molecule has 0 aliphatic heterocycles. The van der Waals surface area contributed by atoms with E-state index in [4.69, 9.17) is 0 Å². The highest BCUT2D eigenvalue weighted by molar-refractivity contribution is 9.10. The molecule has 5 nitrogen and oxygen atoms in total. The van der Waals surface area contributed by atoms with E-state index in [1.165, 1.54) is 0 Å². The molecule has 2 aromatic rings. The SMILES string of the molecule is CS(=O)(=O)NCCc1ccc2cc(Br)ccc2[n+]1[O-]. The highest BCUT2D eigenvalue weighted by Crippen LogP contribution is 2.17. The molecule has 0 spiro atoms. The Balaban J connectivity index is 2.25. The van der Waals surface area contributed by atoms with Gasteiger partial charge >= 0.3 is 0 Å². The van der Waals surface area contributed by atoms with Crippen molar-refractivity contribution >= 4 is 36.9 Å². The average Bonchev–Trinajstić information content (AvgIpc) is 2.30. The number of rotatable bonds is 4. The summed E-state index contributed by atoms with van der Waals surface area (Å²) in [5.41, 5.74) is 1.10. The lowest BCUT2D eigenvalue weighted by Gasteiger charge is -2.08. The first kappa shape index (κ1) is 14.2. The Morgan fingerprint density at radius 3 is 2.74 bits per heavy atom. The van der Waals surface area contributed by atoms with Crippen LogP contribution in [0.4, 0.5) is 0 Å². The van der Waals surface area contributed by atoms with Crippen LogP contribution >= 0.6 is 15.9 Å². The van der Waals surface area contributed by atoms with Crippen LogP contribution in [0.15, 0.2) is 34.8 Å². The van der Waals surface area contributed by atoms with Crippen molar-refractivity contribution in [1.29, 1.82) is 0 Å². The zero-order valence-electron chi connectivity index (χ0n) is 10.3. The fourth-order valence-corrected chi connectivity index (χ4v) is 2.65. The van der Waals surface area contributed by atoms with E-state index in [1.807, 2.05) is 12.1 Å². The molecule has 0 bridgehead atoms. The molecule has 0 aliphatic rings. The fraction of sp³-hybridized carbons (Fsp3) is 0.250. The van der Waals surface area contributed by atoms with Crippen LogP contribution in [0, 0.1) is 5.21 Å². The van der Waals surface area contributed by atoms with Crippen molar-refractivity contribution in [2.24, 2.45) is 0 Å². The lowest BCUT2D eigenvalue weighted by Crippen LogP contribution is -2.35. The van der Waals surface area contributed by atoms with E-state index < -0.39 is 10.0 Å². The van der Waals surface area contributed by atoms with Crippen LogP contribution in [0.2, 0.25) is 0 Å². The molecule has 1 aromatic carbocycles. The number of benzene rings is 1. The number of hydrogen-bond donors (Lipinski definition) is 1. The van der Waals surface area contributed by atoms with E-state index in [1.54, 1.807) is 18.2 Å². The Bertz CT molecular complexity index is 716. The molecule has 0 saturated heterocycles. The van der Waals surface area contributed by atoms with Crippen molar-refractivity contribution in [3.8, 4) is 0 Å². The molecule has 1 aromatic heterocycles. The second kappa shape index (κ2) is 5.44. The molecule has 0 aliphatic carbocycles. The normalized spacial score (nSPS) is 11.9. The van der Waals surface area contributed by atoms with Gasteiger partial charge in [0.1, 0.15) is 0 Å². The minimum Gasteiger partial charge on any atom is -0.618 e. The van der Waals surface area contributed by atoms with Gasteiger partial charge in [0.05, 0.1) is 6.26 Å². The maximum atomic E-state index is 12.1. The molecular weight excluding hydrogens is 332 g/mol. The van der Waals surface area contributed by atoms with Gasteiger partial charge in [-0.2, -0.15) is 4.73 Å². The van der Waals surface area contributed by atoms with Crippen molar-refractivity contribution in [2.75, 3.05) is 12.8 Å². The van der Waals surface area contributed by atoms with Gasteiger partial charge in [-0.3, -0.25) is 0 Å². The Labute approximate surface area is 120 Å². The summed E-state index contributed by atoms with van der Waals surface area (Å²) in [6, 6.07) is 8.97. The molecule has 0 unspecified atom stereocenters. The summed E-state index contributed by atoms with van der Waals surface area (Å²) in [6.07, 6.45) is 1.44. The topological polar surface area (TPSA) is 73.1 Å². The van der Waals surface area contributed by atoms with Crippen LogP contribution in [-0.2, 0) is 16.4 Å². The smallest absolute Gasteiger partial charge is 0.224 e. The average molecular weight is 345 g/mol. The molecule has 7 heteroatoms. The van der Waals surface area contributed by atoms with Gasteiger partial charge in [-0.05, 0) is 18.2 Å². The summed E-state index contributed by atoms with van der Waals surface area (Å²) < 4.78 is 26.0. The van der Waals surface area contributed by atoms with Crippen molar-refractivity contribution in [3.63, 3.8) is 0 Å². The molecule has 102 valence electrons.